The van der Waals surface area contributed by atoms with Crippen molar-refractivity contribution in [2.24, 2.45) is 5.73 Å². The molecule has 0 saturated heterocycles. The number of nitrogens with one attached hydrogen (secondary N) is 3. The Labute approximate surface area is 220 Å². The third kappa shape index (κ3) is 5.02. The van der Waals surface area contributed by atoms with E-state index >= 15 is 0 Å². The summed E-state index contributed by atoms with van der Waals surface area (Å²) < 4.78 is 4.94. The summed E-state index contributed by atoms with van der Waals surface area (Å²) >= 11 is 0. The van der Waals surface area contributed by atoms with Gasteiger partial charge in [0.15, 0.2) is 0 Å². The molecule has 9 nitrogen and oxygen atoms in total. The number of esters is 1. The van der Waals surface area contributed by atoms with Crippen LogP contribution in [0, 0.1) is 0 Å². The molecule has 2 atom stereocenters. The molecule has 198 valence electrons. The average Bonchev–Trinajstić information content (AvgIpc) is 3.52. The number of nitrogens with zero attached hydrogens (tertiary/aromatic N) is 1. The molecule has 0 spiro atoms. The van der Waals surface area contributed by atoms with Gasteiger partial charge in [0.2, 0.25) is 11.8 Å². The number of aromatic amines is 2. The summed E-state index contributed by atoms with van der Waals surface area (Å²) in [6, 6.07) is 14.2. The summed E-state index contributed by atoms with van der Waals surface area (Å²) in [5, 5.41) is 4.90. The number of unbranched alkanes of at least 4 members (excludes halogenated alkanes) is 1. The summed E-state index contributed by atoms with van der Waals surface area (Å²) in [5.74, 6) is -1.02. The molecule has 5 rings (SSSR count). The predicted octanol–water partition coefficient (Wildman–Crippen LogP) is 2.93. The SMILES string of the molecule is COC(=O)C(CCCCN)NC(=O)C1Cc2c([nH]c3ccccc23)CN1C(=O)Cc1c[nH]c2ccccc12. The molecule has 4 aromatic rings. The standard InChI is InChI=1S/C29H33N5O4/c1-38-29(37)24(12-6-7-13-30)33-28(36)26-15-21-20-9-3-5-11-23(20)32-25(21)17-34(26)27(35)14-18-16-31-22-10-4-2-8-19(18)22/h2-5,8-11,16,24,26,31-32H,6-7,12-15,17,30H2,1H3,(H,33,36). The van der Waals surface area contributed by atoms with Crippen molar-refractivity contribution in [3.8, 4) is 0 Å². The Balaban J connectivity index is 1.44. The predicted molar refractivity (Wildman–Crippen MR) is 145 cm³/mol. The fourth-order valence-corrected chi connectivity index (χ4v) is 5.40. The number of H-pyrrole nitrogens is 2. The third-order valence-electron chi connectivity index (χ3n) is 7.39. The lowest BCUT2D eigenvalue weighted by Crippen LogP contribution is -2.55. The average molecular weight is 516 g/mol. The van der Waals surface area contributed by atoms with Crippen molar-refractivity contribution < 1.29 is 19.1 Å². The Morgan fingerprint density at radius 2 is 1.82 bits per heavy atom. The number of nitrogens with two attached hydrogens (primary N) is 1. The molecule has 1 aliphatic rings. The highest BCUT2D eigenvalue weighted by molar-refractivity contribution is 5.95. The minimum atomic E-state index is -0.797. The topological polar surface area (TPSA) is 133 Å². The van der Waals surface area contributed by atoms with Gasteiger partial charge in [0.05, 0.1) is 20.1 Å². The van der Waals surface area contributed by atoms with E-state index in [1.54, 1.807) is 4.90 Å². The van der Waals surface area contributed by atoms with Crippen molar-refractivity contribution in [1.29, 1.82) is 0 Å². The van der Waals surface area contributed by atoms with Gasteiger partial charge in [-0.05, 0) is 49.1 Å². The second kappa shape index (κ2) is 11.1. The van der Waals surface area contributed by atoms with E-state index in [0.29, 0.717) is 25.8 Å². The van der Waals surface area contributed by atoms with Gasteiger partial charge in [-0.2, -0.15) is 0 Å². The Morgan fingerprint density at radius 3 is 2.58 bits per heavy atom. The van der Waals surface area contributed by atoms with E-state index in [4.69, 9.17) is 10.5 Å². The number of aromatic nitrogens is 2. The molecule has 1 aliphatic heterocycles. The summed E-state index contributed by atoms with van der Waals surface area (Å²) in [6.45, 7) is 0.781. The molecular weight excluding hydrogens is 482 g/mol. The van der Waals surface area contributed by atoms with E-state index in [1.807, 2.05) is 54.7 Å². The number of benzene rings is 2. The van der Waals surface area contributed by atoms with E-state index in [-0.39, 0.29) is 24.8 Å². The maximum Gasteiger partial charge on any atom is 0.328 e. The van der Waals surface area contributed by atoms with Crippen LogP contribution in [0.1, 0.15) is 36.1 Å². The molecule has 5 N–H and O–H groups in total. The lowest BCUT2D eigenvalue weighted by atomic mass is 9.94. The Morgan fingerprint density at radius 1 is 1.08 bits per heavy atom. The monoisotopic (exact) mass is 515 g/mol. The quantitative estimate of drug-likeness (QED) is 0.201. The molecular formula is C29H33N5O4. The van der Waals surface area contributed by atoms with Crippen molar-refractivity contribution >= 4 is 39.6 Å². The van der Waals surface area contributed by atoms with Gasteiger partial charge in [0.1, 0.15) is 12.1 Å². The van der Waals surface area contributed by atoms with Crippen molar-refractivity contribution in [2.45, 2.75) is 50.7 Å². The first-order valence-electron chi connectivity index (χ1n) is 13.0. The lowest BCUT2D eigenvalue weighted by Gasteiger charge is -2.35. The highest BCUT2D eigenvalue weighted by Crippen LogP contribution is 2.31. The van der Waals surface area contributed by atoms with Crippen LogP contribution >= 0.6 is 0 Å². The molecule has 0 aliphatic carbocycles. The van der Waals surface area contributed by atoms with Gasteiger partial charge in [-0.1, -0.05) is 36.4 Å². The highest BCUT2D eigenvalue weighted by Gasteiger charge is 2.38. The second-order valence-corrected chi connectivity index (χ2v) is 9.77. The van der Waals surface area contributed by atoms with Crippen molar-refractivity contribution in [3.05, 3.63) is 71.5 Å². The Bertz CT molecular complexity index is 1470. The minimum absolute atomic E-state index is 0.153. The molecule has 9 heteroatoms. The first-order valence-corrected chi connectivity index (χ1v) is 13.0. The third-order valence-corrected chi connectivity index (χ3v) is 7.39. The Kier molecular flexibility index (Phi) is 7.46. The number of hydrogen-bond acceptors (Lipinski definition) is 5. The fraction of sp³-hybridized carbons (Fsp3) is 0.345. The number of amides is 2. The number of rotatable bonds is 9. The van der Waals surface area contributed by atoms with E-state index in [2.05, 4.69) is 15.3 Å². The fourth-order valence-electron chi connectivity index (χ4n) is 5.40. The molecule has 0 bridgehead atoms. The molecule has 2 aromatic carbocycles. The van der Waals surface area contributed by atoms with Gasteiger partial charge >= 0.3 is 5.97 Å². The number of para-hydroxylation sites is 2. The molecule has 0 saturated carbocycles. The van der Waals surface area contributed by atoms with Gasteiger partial charge in [-0.3, -0.25) is 9.59 Å². The van der Waals surface area contributed by atoms with E-state index < -0.39 is 18.1 Å². The number of ether oxygens (including phenoxy) is 1. The zero-order valence-corrected chi connectivity index (χ0v) is 21.5. The van der Waals surface area contributed by atoms with Crippen LogP contribution in [0.3, 0.4) is 0 Å². The lowest BCUT2D eigenvalue weighted by molar-refractivity contribution is -0.147. The number of carbonyl (C=O) groups excluding carboxylic acids is 3. The van der Waals surface area contributed by atoms with Gasteiger partial charge in [0.25, 0.3) is 0 Å². The van der Waals surface area contributed by atoms with Crippen molar-refractivity contribution in [1.82, 2.24) is 20.2 Å². The van der Waals surface area contributed by atoms with Crippen LogP contribution < -0.4 is 11.1 Å². The Hall–Kier alpha value is -4.11. The van der Waals surface area contributed by atoms with Crippen LogP contribution in [0.2, 0.25) is 0 Å². The molecule has 0 radical (unpaired) electrons. The largest absolute Gasteiger partial charge is 0.467 e. The van der Waals surface area contributed by atoms with Crippen molar-refractivity contribution in [2.75, 3.05) is 13.7 Å². The van der Waals surface area contributed by atoms with E-state index in [0.717, 1.165) is 45.0 Å². The van der Waals surface area contributed by atoms with Crippen LogP contribution in [0.15, 0.2) is 54.7 Å². The molecule has 0 fully saturated rings. The highest BCUT2D eigenvalue weighted by atomic mass is 16.5. The maximum atomic E-state index is 13.7. The number of hydrogen-bond donors (Lipinski definition) is 4. The summed E-state index contributed by atoms with van der Waals surface area (Å²) in [6.07, 6.45) is 4.18. The zero-order chi connectivity index (χ0) is 26.6. The van der Waals surface area contributed by atoms with E-state index in [9.17, 15) is 14.4 Å². The summed E-state index contributed by atoms with van der Waals surface area (Å²) in [4.78, 5) is 48.2. The molecule has 2 unspecified atom stereocenters. The second-order valence-electron chi connectivity index (χ2n) is 9.77. The number of fused-ring (bicyclic) bond motifs is 4. The van der Waals surface area contributed by atoms with Crippen LogP contribution in [0.5, 0.6) is 0 Å². The van der Waals surface area contributed by atoms with Crippen LogP contribution in [0.4, 0.5) is 0 Å². The van der Waals surface area contributed by atoms with Gasteiger partial charge < -0.3 is 30.7 Å². The van der Waals surface area contributed by atoms with Crippen molar-refractivity contribution in [3.63, 3.8) is 0 Å². The van der Waals surface area contributed by atoms with Gasteiger partial charge in [-0.15, -0.1) is 0 Å². The first-order chi connectivity index (χ1) is 18.5. The van der Waals surface area contributed by atoms with Crippen LogP contribution in [0.25, 0.3) is 21.8 Å². The maximum absolute atomic E-state index is 13.7. The van der Waals surface area contributed by atoms with Crippen LogP contribution in [-0.2, 0) is 38.5 Å². The first kappa shape index (κ1) is 25.5. The molecule has 3 heterocycles. The van der Waals surface area contributed by atoms with E-state index in [1.165, 1.54) is 7.11 Å². The number of methoxy groups -OCH3 is 1. The molecule has 2 aromatic heterocycles. The normalized spacial score (nSPS) is 15.8. The summed E-state index contributed by atoms with van der Waals surface area (Å²) in [7, 11) is 1.31. The van der Waals surface area contributed by atoms with Gasteiger partial charge in [0, 0.05) is 40.1 Å². The molecule has 38 heavy (non-hydrogen) atoms. The van der Waals surface area contributed by atoms with Crippen LogP contribution in [-0.4, -0.2) is 58.4 Å². The zero-order valence-electron chi connectivity index (χ0n) is 21.5. The summed E-state index contributed by atoms with van der Waals surface area (Å²) in [5.41, 5.74) is 10.4. The molecule has 2 amide bonds. The number of carbonyl (C=O) groups is 3. The van der Waals surface area contributed by atoms with Gasteiger partial charge in [-0.25, -0.2) is 4.79 Å². The smallest absolute Gasteiger partial charge is 0.328 e. The minimum Gasteiger partial charge on any atom is -0.467 e.